The van der Waals surface area contributed by atoms with Crippen molar-refractivity contribution in [3.63, 3.8) is 0 Å². The average Bonchev–Trinajstić information content (AvgIpc) is 2.24. The third-order valence-electron chi connectivity index (χ3n) is 1.72. The number of nitrogens with one attached hydrogen (secondary N) is 1. The van der Waals surface area contributed by atoms with Gasteiger partial charge in [0.1, 0.15) is 5.60 Å². The molecule has 0 fully saturated rings. The van der Waals surface area contributed by atoms with Gasteiger partial charge >= 0.3 is 6.09 Å². The van der Waals surface area contributed by atoms with Crippen LogP contribution >= 0.6 is 0 Å². The standard InChI is InChI=1S/C13H15FN2O2/c1-13(2,3)18-12(17)16-7-4-5-10-6-8-15-9-11(10)14/h6,8-9H,7H2,1-3H3,(H,16,17). The molecule has 4 nitrogen and oxygen atoms in total. The molecule has 0 saturated carbocycles. The van der Waals surface area contributed by atoms with Gasteiger partial charge in [-0.1, -0.05) is 11.8 Å². The van der Waals surface area contributed by atoms with Crippen molar-refractivity contribution in [3.8, 4) is 11.8 Å². The maximum Gasteiger partial charge on any atom is 0.408 e. The van der Waals surface area contributed by atoms with Gasteiger partial charge in [0, 0.05) is 6.20 Å². The molecule has 0 radical (unpaired) electrons. The minimum absolute atomic E-state index is 0.0939. The fourth-order valence-corrected chi connectivity index (χ4v) is 1.05. The summed E-state index contributed by atoms with van der Waals surface area (Å²) in [5.41, 5.74) is -0.301. The molecule has 1 rings (SSSR count). The first-order valence-corrected chi connectivity index (χ1v) is 5.44. The molecule has 0 aromatic carbocycles. The van der Waals surface area contributed by atoms with E-state index in [0.717, 1.165) is 6.20 Å². The maximum atomic E-state index is 13.1. The monoisotopic (exact) mass is 250 g/mol. The van der Waals surface area contributed by atoms with E-state index >= 15 is 0 Å². The quantitative estimate of drug-likeness (QED) is 0.776. The topological polar surface area (TPSA) is 51.2 Å². The minimum Gasteiger partial charge on any atom is -0.444 e. The Morgan fingerprint density at radius 1 is 1.56 bits per heavy atom. The largest absolute Gasteiger partial charge is 0.444 e. The predicted molar refractivity (Wildman–Crippen MR) is 65.3 cm³/mol. The van der Waals surface area contributed by atoms with Crippen LogP contribution < -0.4 is 5.32 Å². The van der Waals surface area contributed by atoms with Crippen molar-refractivity contribution in [1.29, 1.82) is 0 Å². The van der Waals surface area contributed by atoms with Crippen LogP contribution in [-0.2, 0) is 4.74 Å². The van der Waals surface area contributed by atoms with E-state index in [1.807, 2.05) is 0 Å². The van der Waals surface area contributed by atoms with E-state index in [0.29, 0.717) is 0 Å². The van der Waals surface area contributed by atoms with Crippen molar-refractivity contribution in [1.82, 2.24) is 10.3 Å². The molecule has 1 heterocycles. The van der Waals surface area contributed by atoms with Crippen molar-refractivity contribution >= 4 is 6.09 Å². The highest BCUT2D eigenvalue weighted by molar-refractivity contribution is 5.68. The van der Waals surface area contributed by atoms with Gasteiger partial charge in [-0.05, 0) is 26.8 Å². The van der Waals surface area contributed by atoms with Crippen molar-refractivity contribution < 1.29 is 13.9 Å². The van der Waals surface area contributed by atoms with Crippen LogP contribution in [0, 0.1) is 17.7 Å². The van der Waals surface area contributed by atoms with Crippen LogP contribution in [0.1, 0.15) is 26.3 Å². The van der Waals surface area contributed by atoms with Crippen molar-refractivity contribution in [2.75, 3.05) is 6.54 Å². The fourth-order valence-electron chi connectivity index (χ4n) is 1.05. The summed E-state index contributed by atoms with van der Waals surface area (Å²) in [6.07, 6.45) is 1.99. The molecule has 1 aromatic heterocycles. The summed E-state index contributed by atoms with van der Waals surface area (Å²) >= 11 is 0. The summed E-state index contributed by atoms with van der Waals surface area (Å²) in [6.45, 7) is 5.40. The second kappa shape index (κ2) is 6.01. The number of carbonyl (C=O) groups excluding carboxylic acids is 1. The van der Waals surface area contributed by atoms with Gasteiger partial charge in [0.25, 0.3) is 0 Å². The molecule has 1 N–H and O–H groups in total. The SMILES string of the molecule is CC(C)(C)OC(=O)NCC#Cc1ccncc1F. The summed E-state index contributed by atoms with van der Waals surface area (Å²) in [7, 11) is 0. The second-order valence-electron chi connectivity index (χ2n) is 4.51. The van der Waals surface area contributed by atoms with Crippen molar-refractivity contribution in [3.05, 3.63) is 29.8 Å². The lowest BCUT2D eigenvalue weighted by atomic mass is 10.2. The van der Waals surface area contributed by atoms with Gasteiger partial charge in [0.2, 0.25) is 0 Å². The van der Waals surface area contributed by atoms with Gasteiger partial charge in [0.15, 0.2) is 5.82 Å². The van der Waals surface area contributed by atoms with Gasteiger partial charge in [-0.2, -0.15) is 0 Å². The summed E-state index contributed by atoms with van der Waals surface area (Å²) < 4.78 is 18.1. The lowest BCUT2D eigenvalue weighted by Crippen LogP contribution is -2.32. The number of amides is 1. The Bertz CT molecular complexity index is 484. The number of ether oxygens (including phenoxy) is 1. The molecular formula is C13H15FN2O2. The molecule has 0 aliphatic carbocycles. The Balaban J connectivity index is 2.44. The molecule has 0 aliphatic heterocycles. The van der Waals surface area contributed by atoms with Gasteiger partial charge in [-0.3, -0.25) is 4.98 Å². The van der Waals surface area contributed by atoms with Gasteiger partial charge in [0.05, 0.1) is 18.3 Å². The molecule has 1 amide bonds. The van der Waals surface area contributed by atoms with Crippen LogP contribution in [0.4, 0.5) is 9.18 Å². The van der Waals surface area contributed by atoms with Crippen LogP contribution in [0.2, 0.25) is 0 Å². The first-order chi connectivity index (χ1) is 8.38. The Kier molecular flexibility index (Phi) is 4.67. The van der Waals surface area contributed by atoms with Gasteiger partial charge < -0.3 is 10.1 Å². The van der Waals surface area contributed by atoms with Crippen molar-refractivity contribution in [2.24, 2.45) is 0 Å². The molecule has 0 bridgehead atoms. The van der Waals surface area contributed by atoms with E-state index in [1.54, 1.807) is 20.8 Å². The van der Waals surface area contributed by atoms with E-state index in [2.05, 4.69) is 22.1 Å². The number of hydrogen-bond donors (Lipinski definition) is 1. The Labute approximate surface area is 106 Å². The summed E-state index contributed by atoms with van der Waals surface area (Å²) in [5.74, 6) is 4.74. The molecule has 18 heavy (non-hydrogen) atoms. The number of aromatic nitrogens is 1. The van der Waals surface area contributed by atoms with E-state index in [-0.39, 0.29) is 12.1 Å². The first kappa shape index (κ1) is 14.0. The average molecular weight is 250 g/mol. The highest BCUT2D eigenvalue weighted by Crippen LogP contribution is 2.06. The zero-order valence-electron chi connectivity index (χ0n) is 10.6. The van der Waals surface area contributed by atoms with Gasteiger partial charge in [-0.25, -0.2) is 9.18 Å². The lowest BCUT2D eigenvalue weighted by Gasteiger charge is -2.18. The van der Waals surface area contributed by atoms with E-state index in [4.69, 9.17) is 4.74 Å². The number of pyridine rings is 1. The highest BCUT2D eigenvalue weighted by Gasteiger charge is 2.14. The summed E-state index contributed by atoms with van der Waals surface area (Å²) in [4.78, 5) is 14.9. The fraction of sp³-hybridized carbons (Fsp3) is 0.385. The van der Waals surface area contributed by atoms with Crippen molar-refractivity contribution in [2.45, 2.75) is 26.4 Å². The van der Waals surface area contributed by atoms with E-state index in [9.17, 15) is 9.18 Å². The van der Waals surface area contributed by atoms with Crippen LogP contribution in [0.15, 0.2) is 18.5 Å². The summed E-state index contributed by atoms with van der Waals surface area (Å²) in [5, 5.41) is 2.46. The predicted octanol–water partition coefficient (Wildman–Crippen LogP) is 2.10. The smallest absolute Gasteiger partial charge is 0.408 e. The number of nitrogens with zero attached hydrogens (tertiary/aromatic N) is 1. The number of rotatable bonds is 1. The normalized spacial score (nSPS) is 10.2. The zero-order valence-corrected chi connectivity index (χ0v) is 10.6. The molecule has 0 atom stereocenters. The first-order valence-electron chi connectivity index (χ1n) is 5.44. The minimum atomic E-state index is -0.549. The van der Waals surface area contributed by atoms with E-state index in [1.165, 1.54) is 12.3 Å². The number of hydrogen-bond acceptors (Lipinski definition) is 3. The van der Waals surface area contributed by atoms with Crippen LogP contribution in [0.25, 0.3) is 0 Å². The van der Waals surface area contributed by atoms with Crippen LogP contribution in [-0.4, -0.2) is 23.2 Å². The Morgan fingerprint density at radius 3 is 2.89 bits per heavy atom. The molecular weight excluding hydrogens is 235 g/mol. The molecule has 0 saturated heterocycles. The molecule has 0 spiro atoms. The Morgan fingerprint density at radius 2 is 2.28 bits per heavy atom. The maximum absolute atomic E-state index is 13.1. The second-order valence-corrected chi connectivity index (χ2v) is 4.51. The number of carbonyl (C=O) groups is 1. The van der Waals surface area contributed by atoms with Crippen LogP contribution in [0.3, 0.4) is 0 Å². The third-order valence-corrected chi connectivity index (χ3v) is 1.72. The van der Waals surface area contributed by atoms with Crippen LogP contribution in [0.5, 0.6) is 0 Å². The zero-order chi connectivity index (χ0) is 13.6. The number of alkyl carbamates (subject to hydrolysis) is 1. The van der Waals surface area contributed by atoms with E-state index < -0.39 is 17.5 Å². The lowest BCUT2D eigenvalue weighted by molar-refractivity contribution is 0.0535. The molecule has 5 heteroatoms. The summed E-state index contributed by atoms with van der Waals surface area (Å²) in [6, 6.07) is 1.47. The Hall–Kier alpha value is -2.09. The number of halogens is 1. The molecule has 1 aromatic rings. The third kappa shape index (κ3) is 5.30. The molecule has 0 aliphatic rings. The molecule has 0 unspecified atom stereocenters. The highest BCUT2D eigenvalue weighted by atomic mass is 19.1. The van der Waals surface area contributed by atoms with Gasteiger partial charge in [-0.15, -0.1) is 0 Å². The molecule has 96 valence electrons.